The fraction of sp³-hybridized carbons (Fsp3) is 0.200. The minimum absolute atomic E-state index is 0.0913. The van der Waals surface area contributed by atoms with Gasteiger partial charge < -0.3 is 10.1 Å². The Balaban J connectivity index is 1.51. The van der Waals surface area contributed by atoms with E-state index in [1.165, 1.54) is 0 Å². The van der Waals surface area contributed by atoms with Crippen LogP contribution in [0.4, 0.5) is 11.4 Å². The van der Waals surface area contributed by atoms with Crippen molar-refractivity contribution < 1.29 is 13.2 Å². The second-order valence-corrected chi connectivity index (χ2v) is 9.62. The van der Waals surface area contributed by atoms with Crippen LogP contribution < -0.4 is 14.8 Å². The monoisotopic (exact) mass is 432 g/mol. The highest BCUT2D eigenvalue weighted by atomic mass is 32.2. The molecule has 158 valence electrons. The SMILES string of the molecule is COc1ccccc1C1Nc2ccc(S(=O)(=O)Nc3ccccc3)cc2C2C=CCC21. The molecule has 2 N–H and O–H groups in total. The quantitative estimate of drug-likeness (QED) is 0.535. The van der Waals surface area contributed by atoms with Crippen LogP contribution in [0.3, 0.4) is 0 Å². The number of benzene rings is 3. The highest BCUT2D eigenvalue weighted by Crippen LogP contribution is 2.51. The predicted molar refractivity (Wildman–Crippen MR) is 123 cm³/mol. The molecular weight excluding hydrogens is 408 g/mol. The number of fused-ring (bicyclic) bond motifs is 3. The van der Waals surface area contributed by atoms with Gasteiger partial charge in [0.2, 0.25) is 0 Å². The molecule has 2 aliphatic rings. The maximum atomic E-state index is 13.0. The molecule has 6 heteroatoms. The van der Waals surface area contributed by atoms with Crippen LogP contribution in [0.15, 0.2) is 89.8 Å². The first-order valence-electron chi connectivity index (χ1n) is 10.3. The van der Waals surface area contributed by atoms with Gasteiger partial charge in [0, 0.05) is 22.9 Å². The smallest absolute Gasteiger partial charge is 0.261 e. The molecule has 0 saturated carbocycles. The Morgan fingerprint density at radius 3 is 2.55 bits per heavy atom. The van der Waals surface area contributed by atoms with Crippen molar-refractivity contribution in [3.63, 3.8) is 0 Å². The van der Waals surface area contributed by atoms with Crippen molar-refractivity contribution in [1.29, 1.82) is 0 Å². The van der Waals surface area contributed by atoms with Crippen molar-refractivity contribution in [3.05, 3.63) is 96.1 Å². The molecule has 31 heavy (non-hydrogen) atoms. The zero-order valence-electron chi connectivity index (χ0n) is 17.2. The summed E-state index contributed by atoms with van der Waals surface area (Å²) in [7, 11) is -1.98. The molecule has 3 aromatic carbocycles. The Kier molecular flexibility index (Phi) is 4.94. The Morgan fingerprint density at radius 2 is 1.74 bits per heavy atom. The molecule has 0 fully saturated rings. The van der Waals surface area contributed by atoms with Crippen LogP contribution in [0.1, 0.15) is 29.5 Å². The van der Waals surface area contributed by atoms with E-state index in [-0.39, 0.29) is 16.9 Å². The highest BCUT2D eigenvalue weighted by Gasteiger charge is 2.39. The normalized spacial score (nSPS) is 21.6. The van der Waals surface area contributed by atoms with Crippen molar-refractivity contribution in [2.75, 3.05) is 17.1 Å². The van der Waals surface area contributed by atoms with Gasteiger partial charge in [-0.15, -0.1) is 0 Å². The average Bonchev–Trinajstić information content (AvgIpc) is 3.29. The Labute approximate surface area is 182 Å². The Bertz CT molecular complexity index is 1240. The number of sulfonamides is 1. The molecule has 5 nitrogen and oxygen atoms in total. The molecule has 3 atom stereocenters. The molecular formula is C25H24N2O3S. The van der Waals surface area contributed by atoms with E-state index < -0.39 is 10.0 Å². The summed E-state index contributed by atoms with van der Waals surface area (Å²) in [6.45, 7) is 0. The first-order valence-corrected chi connectivity index (χ1v) is 11.8. The lowest BCUT2D eigenvalue weighted by molar-refractivity contribution is 0.381. The van der Waals surface area contributed by atoms with Gasteiger partial charge in [0.1, 0.15) is 5.75 Å². The third-order valence-corrected chi connectivity index (χ3v) is 7.52. The summed E-state index contributed by atoms with van der Waals surface area (Å²) in [6.07, 6.45) is 5.32. The van der Waals surface area contributed by atoms with Gasteiger partial charge in [-0.25, -0.2) is 8.42 Å². The van der Waals surface area contributed by atoms with Gasteiger partial charge in [-0.2, -0.15) is 0 Å². The molecule has 0 aromatic heterocycles. The number of allylic oxidation sites excluding steroid dienone is 2. The number of para-hydroxylation sites is 2. The molecule has 0 spiro atoms. The molecule has 0 amide bonds. The first-order chi connectivity index (χ1) is 15.1. The van der Waals surface area contributed by atoms with Crippen molar-refractivity contribution >= 4 is 21.4 Å². The molecule has 5 rings (SSSR count). The standard InChI is InChI=1S/C25H24N2O3S/c1-30-24-13-6-5-10-21(24)25-20-12-7-11-19(20)22-16-18(14-15-23(22)26-25)31(28,29)27-17-8-3-2-4-9-17/h2-11,13-16,19-20,25-27H,12H2,1H3. The Hall–Kier alpha value is -3.25. The summed E-state index contributed by atoms with van der Waals surface area (Å²) in [4.78, 5) is 0.270. The Morgan fingerprint density at radius 1 is 0.968 bits per heavy atom. The zero-order chi connectivity index (χ0) is 21.4. The molecule has 3 unspecified atom stereocenters. The van der Waals surface area contributed by atoms with E-state index in [2.05, 4.69) is 28.3 Å². The topological polar surface area (TPSA) is 67.4 Å². The van der Waals surface area contributed by atoms with Gasteiger partial charge in [0.25, 0.3) is 10.0 Å². The molecule has 0 saturated heterocycles. The van der Waals surface area contributed by atoms with Gasteiger partial charge in [-0.1, -0.05) is 48.6 Å². The second-order valence-electron chi connectivity index (χ2n) is 7.94. The van der Waals surface area contributed by atoms with Crippen molar-refractivity contribution in [2.45, 2.75) is 23.3 Å². The van der Waals surface area contributed by atoms with Crippen LogP contribution in [0.5, 0.6) is 5.75 Å². The van der Waals surface area contributed by atoms with Crippen LogP contribution in [0.25, 0.3) is 0 Å². The molecule has 1 aliphatic heterocycles. The van der Waals surface area contributed by atoms with Crippen molar-refractivity contribution in [1.82, 2.24) is 0 Å². The van der Waals surface area contributed by atoms with Crippen LogP contribution in [0.2, 0.25) is 0 Å². The highest BCUT2D eigenvalue weighted by molar-refractivity contribution is 7.92. The maximum absolute atomic E-state index is 13.0. The van der Waals surface area contributed by atoms with Crippen LogP contribution in [0, 0.1) is 5.92 Å². The van der Waals surface area contributed by atoms with Gasteiger partial charge >= 0.3 is 0 Å². The lowest BCUT2D eigenvalue weighted by Gasteiger charge is -2.38. The lowest BCUT2D eigenvalue weighted by Crippen LogP contribution is -2.29. The minimum Gasteiger partial charge on any atom is -0.496 e. The van der Waals surface area contributed by atoms with Crippen molar-refractivity contribution in [2.24, 2.45) is 5.92 Å². The molecule has 1 aliphatic carbocycles. The molecule has 1 heterocycles. The molecule has 0 bridgehead atoms. The number of hydrogen-bond donors (Lipinski definition) is 2. The summed E-state index contributed by atoms with van der Waals surface area (Å²) in [5.74, 6) is 1.31. The van der Waals surface area contributed by atoms with Crippen LogP contribution in [-0.2, 0) is 10.0 Å². The minimum atomic E-state index is -3.67. The van der Waals surface area contributed by atoms with E-state index in [0.717, 1.165) is 29.0 Å². The maximum Gasteiger partial charge on any atom is 0.261 e. The van der Waals surface area contributed by atoms with Crippen LogP contribution >= 0.6 is 0 Å². The van der Waals surface area contributed by atoms with E-state index in [9.17, 15) is 8.42 Å². The van der Waals surface area contributed by atoms with E-state index in [1.807, 2.05) is 30.3 Å². The molecule has 0 radical (unpaired) electrons. The lowest BCUT2D eigenvalue weighted by atomic mass is 9.77. The molecule has 3 aromatic rings. The van der Waals surface area contributed by atoms with E-state index in [4.69, 9.17) is 4.74 Å². The van der Waals surface area contributed by atoms with Crippen molar-refractivity contribution in [3.8, 4) is 5.75 Å². The van der Waals surface area contributed by atoms with Gasteiger partial charge in [0.05, 0.1) is 18.0 Å². The number of hydrogen-bond acceptors (Lipinski definition) is 4. The van der Waals surface area contributed by atoms with E-state index in [1.54, 1.807) is 43.5 Å². The largest absolute Gasteiger partial charge is 0.496 e. The van der Waals surface area contributed by atoms with Crippen LogP contribution in [-0.4, -0.2) is 15.5 Å². The third kappa shape index (κ3) is 3.57. The number of anilines is 2. The van der Waals surface area contributed by atoms with E-state index in [0.29, 0.717) is 11.6 Å². The summed E-state index contributed by atoms with van der Waals surface area (Å²) >= 11 is 0. The zero-order valence-corrected chi connectivity index (χ0v) is 18.0. The number of ether oxygens (including phenoxy) is 1. The summed E-state index contributed by atoms with van der Waals surface area (Å²) in [5, 5.41) is 3.65. The first kappa shape index (κ1) is 19.7. The summed E-state index contributed by atoms with van der Waals surface area (Å²) in [6, 6.07) is 22.5. The van der Waals surface area contributed by atoms with Gasteiger partial charge in [-0.05, 0) is 54.3 Å². The fourth-order valence-electron chi connectivity index (χ4n) is 4.69. The average molecular weight is 433 g/mol. The third-order valence-electron chi connectivity index (χ3n) is 6.14. The summed E-state index contributed by atoms with van der Waals surface area (Å²) in [5.41, 5.74) is 3.65. The number of methoxy groups -OCH3 is 1. The van der Waals surface area contributed by atoms with E-state index >= 15 is 0 Å². The fourth-order valence-corrected chi connectivity index (χ4v) is 5.78. The number of nitrogens with one attached hydrogen (secondary N) is 2. The number of rotatable bonds is 5. The second kappa shape index (κ2) is 7.78. The summed E-state index contributed by atoms with van der Waals surface area (Å²) < 4.78 is 34.2. The van der Waals surface area contributed by atoms with Gasteiger partial charge in [0.15, 0.2) is 0 Å². The van der Waals surface area contributed by atoms with Gasteiger partial charge in [-0.3, -0.25) is 4.72 Å². The predicted octanol–water partition coefficient (Wildman–Crippen LogP) is 5.32.